The summed E-state index contributed by atoms with van der Waals surface area (Å²) in [7, 11) is 0. The van der Waals surface area contributed by atoms with Crippen LogP contribution in [0.1, 0.15) is 16.7 Å². The highest BCUT2D eigenvalue weighted by Gasteiger charge is 2.05. The first-order valence-electron chi connectivity index (χ1n) is 5.96. The lowest BCUT2D eigenvalue weighted by molar-refractivity contribution is 0.303. The van der Waals surface area contributed by atoms with E-state index in [1.54, 1.807) is 0 Å². The van der Waals surface area contributed by atoms with Gasteiger partial charge in [-0.2, -0.15) is 0 Å². The molecule has 0 aliphatic rings. The molecule has 0 saturated heterocycles. The Morgan fingerprint density at radius 3 is 2.63 bits per heavy atom. The molecule has 0 saturated carbocycles. The number of hydrogen-bond acceptors (Lipinski definition) is 2. The van der Waals surface area contributed by atoms with E-state index in [4.69, 9.17) is 22.1 Å². The van der Waals surface area contributed by atoms with Crippen LogP contribution in [0.15, 0.2) is 40.9 Å². The minimum atomic E-state index is 0.433. The van der Waals surface area contributed by atoms with Crippen LogP contribution < -0.4 is 10.5 Å². The Morgan fingerprint density at radius 2 is 1.95 bits per heavy atom. The molecule has 0 atom stereocenters. The van der Waals surface area contributed by atoms with Gasteiger partial charge in [0.25, 0.3) is 0 Å². The smallest absolute Gasteiger partial charge is 0.124 e. The first-order chi connectivity index (χ1) is 9.10. The van der Waals surface area contributed by atoms with Crippen LogP contribution >= 0.6 is 27.5 Å². The van der Waals surface area contributed by atoms with E-state index in [0.29, 0.717) is 18.2 Å². The normalized spacial score (nSPS) is 10.5. The largest absolute Gasteiger partial charge is 0.489 e. The van der Waals surface area contributed by atoms with Gasteiger partial charge in [0.2, 0.25) is 0 Å². The standard InChI is InChI=1S/C15H15BrClNO/c1-10-2-5-15(12(6-10)8-18)19-9-11-3-4-13(16)7-14(11)17/h2-7H,8-9,18H2,1H3. The Kier molecular flexibility index (Phi) is 4.86. The van der Waals surface area contributed by atoms with E-state index in [9.17, 15) is 0 Å². The predicted octanol–water partition coefficient (Wildman–Crippen LogP) is 4.45. The fraction of sp³-hybridized carbons (Fsp3) is 0.200. The molecule has 2 nitrogen and oxygen atoms in total. The van der Waals surface area contributed by atoms with E-state index in [2.05, 4.69) is 15.9 Å². The second-order valence-electron chi connectivity index (χ2n) is 4.34. The van der Waals surface area contributed by atoms with Crippen LogP contribution in [-0.4, -0.2) is 0 Å². The number of benzene rings is 2. The Hall–Kier alpha value is -1.03. The van der Waals surface area contributed by atoms with E-state index in [1.165, 1.54) is 5.56 Å². The van der Waals surface area contributed by atoms with Gasteiger partial charge in [0.15, 0.2) is 0 Å². The molecule has 2 N–H and O–H groups in total. The molecule has 0 spiro atoms. The Bertz CT molecular complexity index is 586. The number of nitrogens with two attached hydrogens (primary N) is 1. The van der Waals surface area contributed by atoms with Crippen molar-refractivity contribution in [2.45, 2.75) is 20.1 Å². The van der Waals surface area contributed by atoms with Crippen LogP contribution in [0.3, 0.4) is 0 Å². The van der Waals surface area contributed by atoms with Gasteiger partial charge >= 0.3 is 0 Å². The van der Waals surface area contributed by atoms with Crippen LogP contribution in [0.2, 0.25) is 5.02 Å². The molecule has 0 heterocycles. The average molecular weight is 341 g/mol. The first-order valence-corrected chi connectivity index (χ1v) is 7.13. The highest BCUT2D eigenvalue weighted by molar-refractivity contribution is 9.10. The number of ether oxygens (including phenoxy) is 1. The molecule has 0 aromatic heterocycles. The van der Waals surface area contributed by atoms with Crippen molar-refractivity contribution in [3.05, 3.63) is 62.6 Å². The quantitative estimate of drug-likeness (QED) is 0.892. The van der Waals surface area contributed by atoms with Gasteiger partial charge in [-0.15, -0.1) is 0 Å². The van der Waals surface area contributed by atoms with Crippen molar-refractivity contribution in [2.75, 3.05) is 0 Å². The maximum Gasteiger partial charge on any atom is 0.124 e. The maximum atomic E-state index is 6.16. The van der Waals surface area contributed by atoms with Gasteiger partial charge in [0.05, 0.1) is 0 Å². The van der Waals surface area contributed by atoms with Crippen molar-refractivity contribution in [1.82, 2.24) is 0 Å². The Morgan fingerprint density at radius 1 is 1.16 bits per heavy atom. The molecular formula is C15H15BrClNO. The van der Waals surface area contributed by atoms with Crippen LogP contribution in [-0.2, 0) is 13.2 Å². The first kappa shape index (κ1) is 14.4. The minimum Gasteiger partial charge on any atom is -0.489 e. The molecule has 2 rings (SSSR count). The van der Waals surface area contributed by atoms with Crippen molar-refractivity contribution < 1.29 is 4.74 Å². The summed E-state index contributed by atoms with van der Waals surface area (Å²) in [5, 5.41) is 0.691. The molecule has 0 fully saturated rings. The van der Waals surface area contributed by atoms with E-state index < -0.39 is 0 Å². The molecule has 0 amide bonds. The van der Waals surface area contributed by atoms with Gasteiger partial charge in [-0.05, 0) is 25.1 Å². The summed E-state index contributed by atoms with van der Waals surface area (Å²) in [6, 6.07) is 11.8. The van der Waals surface area contributed by atoms with Gasteiger partial charge < -0.3 is 10.5 Å². The molecule has 0 unspecified atom stereocenters. The summed E-state index contributed by atoms with van der Waals surface area (Å²) in [6.45, 7) is 2.93. The molecule has 19 heavy (non-hydrogen) atoms. The lowest BCUT2D eigenvalue weighted by Crippen LogP contribution is -2.03. The van der Waals surface area contributed by atoms with Crippen molar-refractivity contribution in [3.8, 4) is 5.75 Å². The average Bonchev–Trinajstić information content (AvgIpc) is 2.39. The van der Waals surface area contributed by atoms with Crippen LogP contribution in [0.4, 0.5) is 0 Å². The molecule has 100 valence electrons. The van der Waals surface area contributed by atoms with Crippen LogP contribution in [0.25, 0.3) is 0 Å². The van der Waals surface area contributed by atoms with Gasteiger partial charge in [0.1, 0.15) is 12.4 Å². The van der Waals surface area contributed by atoms with Crippen molar-refractivity contribution in [1.29, 1.82) is 0 Å². The summed E-state index contributed by atoms with van der Waals surface area (Å²) < 4.78 is 6.77. The lowest BCUT2D eigenvalue weighted by atomic mass is 10.1. The second-order valence-corrected chi connectivity index (χ2v) is 5.66. The summed E-state index contributed by atoms with van der Waals surface area (Å²) >= 11 is 9.54. The fourth-order valence-electron chi connectivity index (χ4n) is 1.80. The third kappa shape index (κ3) is 3.72. The zero-order chi connectivity index (χ0) is 13.8. The predicted molar refractivity (Wildman–Crippen MR) is 82.6 cm³/mol. The number of hydrogen-bond donors (Lipinski definition) is 1. The third-order valence-corrected chi connectivity index (χ3v) is 3.68. The van der Waals surface area contributed by atoms with E-state index >= 15 is 0 Å². The molecule has 4 heteroatoms. The van der Waals surface area contributed by atoms with E-state index in [0.717, 1.165) is 21.3 Å². The molecule has 2 aromatic carbocycles. The van der Waals surface area contributed by atoms with E-state index in [1.807, 2.05) is 43.3 Å². The van der Waals surface area contributed by atoms with Crippen molar-refractivity contribution in [3.63, 3.8) is 0 Å². The molecule has 2 aromatic rings. The summed E-state index contributed by atoms with van der Waals surface area (Å²) in [6.07, 6.45) is 0. The number of aryl methyl sites for hydroxylation is 1. The number of rotatable bonds is 4. The molecular weight excluding hydrogens is 326 g/mol. The van der Waals surface area contributed by atoms with Crippen molar-refractivity contribution >= 4 is 27.5 Å². The summed E-state index contributed by atoms with van der Waals surface area (Å²) in [5.41, 5.74) is 8.86. The van der Waals surface area contributed by atoms with Crippen LogP contribution in [0.5, 0.6) is 5.75 Å². The van der Waals surface area contributed by atoms with Gasteiger partial charge in [-0.25, -0.2) is 0 Å². The van der Waals surface area contributed by atoms with Gasteiger partial charge in [-0.3, -0.25) is 0 Å². The monoisotopic (exact) mass is 339 g/mol. The molecule has 0 radical (unpaired) electrons. The fourth-order valence-corrected chi connectivity index (χ4v) is 2.53. The SMILES string of the molecule is Cc1ccc(OCc2ccc(Br)cc2Cl)c(CN)c1. The molecule has 0 aliphatic carbocycles. The highest BCUT2D eigenvalue weighted by Crippen LogP contribution is 2.25. The third-order valence-electron chi connectivity index (χ3n) is 2.83. The minimum absolute atomic E-state index is 0.433. The maximum absolute atomic E-state index is 6.16. The topological polar surface area (TPSA) is 35.2 Å². The van der Waals surface area contributed by atoms with Gasteiger partial charge in [-0.1, -0.05) is 51.3 Å². The van der Waals surface area contributed by atoms with E-state index in [-0.39, 0.29) is 0 Å². The molecule has 0 bridgehead atoms. The number of halogens is 2. The highest BCUT2D eigenvalue weighted by atomic mass is 79.9. The summed E-state index contributed by atoms with van der Waals surface area (Å²) in [5.74, 6) is 0.812. The Balaban J connectivity index is 2.14. The zero-order valence-corrected chi connectivity index (χ0v) is 13.0. The zero-order valence-electron chi connectivity index (χ0n) is 10.6. The molecule has 0 aliphatic heterocycles. The lowest BCUT2D eigenvalue weighted by Gasteiger charge is -2.12. The summed E-state index contributed by atoms with van der Waals surface area (Å²) in [4.78, 5) is 0. The van der Waals surface area contributed by atoms with Gasteiger partial charge in [0, 0.05) is 27.2 Å². The van der Waals surface area contributed by atoms with Crippen molar-refractivity contribution in [2.24, 2.45) is 5.73 Å². The van der Waals surface area contributed by atoms with Crippen LogP contribution in [0, 0.1) is 6.92 Å². The Labute approximate surface area is 126 Å². The second kappa shape index (κ2) is 6.42.